The van der Waals surface area contributed by atoms with E-state index in [9.17, 15) is 4.79 Å². The molecule has 1 atom stereocenters. The Hall–Kier alpha value is -1.36. The van der Waals surface area contributed by atoms with Gasteiger partial charge in [-0.2, -0.15) is 5.10 Å². The third-order valence-corrected chi connectivity index (χ3v) is 6.11. The van der Waals surface area contributed by atoms with Crippen molar-refractivity contribution in [3.63, 3.8) is 0 Å². The Kier molecular flexibility index (Phi) is 4.14. The molecule has 1 saturated carbocycles. The van der Waals surface area contributed by atoms with Crippen molar-refractivity contribution in [2.75, 3.05) is 26.2 Å². The highest BCUT2D eigenvalue weighted by Crippen LogP contribution is 2.43. The first-order chi connectivity index (χ1) is 11.3. The average molecular weight is 316 g/mol. The zero-order chi connectivity index (χ0) is 15.7. The lowest BCUT2D eigenvalue weighted by atomic mass is 9.73. The first-order valence-electron chi connectivity index (χ1n) is 9.31. The molecular weight excluding hydrogens is 288 g/mol. The van der Waals surface area contributed by atoms with Gasteiger partial charge < -0.3 is 10.2 Å². The normalized spacial score (nSPS) is 27.5. The fourth-order valence-electron chi connectivity index (χ4n) is 4.70. The Morgan fingerprint density at radius 2 is 2.09 bits per heavy atom. The number of hydrogen-bond acceptors (Lipinski definition) is 3. The van der Waals surface area contributed by atoms with Crippen LogP contribution < -0.4 is 5.32 Å². The van der Waals surface area contributed by atoms with E-state index in [1.807, 2.05) is 16.9 Å². The molecule has 126 valence electrons. The number of hydrogen-bond donors (Lipinski definition) is 1. The van der Waals surface area contributed by atoms with E-state index in [0.717, 1.165) is 32.6 Å². The van der Waals surface area contributed by atoms with Crippen LogP contribution in [0.25, 0.3) is 0 Å². The maximum atomic E-state index is 12.8. The lowest BCUT2D eigenvalue weighted by Crippen LogP contribution is -2.34. The number of nitrogens with zero attached hydrogens (tertiary/aromatic N) is 3. The summed E-state index contributed by atoms with van der Waals surface area (Å²) in [6.45, 7) is 3.92. The van der Waals surface area contributed by atoms with Gasteiger partial charge in [-0.3, -0.25) is 9.48 Å². The molecule has 0 aromatic carbocycles. The van der Waals surface area contributed by atoms with Gasteiger partial charge in [-0.25, -0.2) is 0 Å². The van der Waals surface area contributed by atoms with Crippen LogP contribution in [0.15, 0.2) is 12.3 Å². The lowest BCUT2D eigenvalue weighted by Gasteiger charge is -2.33. The number of likely N-dealkylation sites (tertiary alicyclic amines) is 1. The Morgan fingerprint density at radius 1 is 1.22 bits per heavy atom. The van der Waals surface area contributed by atoms with Gasteiger partial charge in [-0.15, -0.1) is 0 Å². The van der Waals surface area contributed by atoms with Crippen molar-refractivity contribution in [2.24, 2.45) is 5.41 Å². The van der Waals surface area contributed by atoms with Crippen LogP contribution in [0.3, 0.4) is 0 Å². The maximum Gasteiger partial charge on any atom is 0.274 e. The Balaban J connectivity index is 1.42. The molecule has 0 radical (unpaired) electrons. The van der Waals surface area contributed by atoms with Crippen LogP contribution in [-0.4, -0.2) is 46.8 Å². The SMILES string of the molecule is O=C(c1ccn(C2CCCNC2)n1)N1CCC2(CCCCC2)C1. The minimum atomic E-state index is 0.134. The smallest absolute Gasteiger partial charge is 0.274 e. The second-order valence-corrected chi connectivity index (χ2v) is 7.72. The average Bonchev–Trinajstić information content (AvgIpc) is 3.24. The standard InChI is InChI=1S/C18H28N4O/c23-17(21-12-9-18(14-21)7-2-1-3-8-18)16-6-11-22(20-16)15-5-4-10-19-13-15/h6,11,15,19H,1-5,7-10,12-14H2. The summed E-state index contributed by atoms with van der Waals surface area (Å²) in [6, 6.07) is 2.30. The van der Waals surface area contributed by atoms with Crippen LogP contribution in [0.1, 0.15) is 67.9 Å². The maximum absolute atomic E-state index is 12.8. The summed E-state index contributed by atoms with van der Waals surface area (Å²) in [6.07, 6.45) is 12.2. The van der Waals surface area contributed by atoms with Crippen LogP contribution in [-0.2, 0) is 0 Å². The fraction of sp³-hybridized carbons (Fsp3) is 0.778. The van der Waals surface area contributed by atoms with E-state index in [1.165, 1.54) is 44.9 Å². The van der Waals surface area contributed by atoms with Gasteiger partial charge in [0.05, 0.1) is 6.04 Å². The van der Waals surface area contributed by atoms with E-state index < -0.39 is 0 Å². The van der Waals surface area contributed by atoms with Gasteiger partial charge in [0.1, 0.15) is 5.69 Å². The Bertz CT molecular complexity index is 555. The molecule has 5 nitrogen and oxygen atoms in total. The number of carbonyl (C=O) groups excluding carboxylic acids is 1. The summed E-state index contributed by atoms with van der Waals surface area (Å²) < 4.78 is 1.99. The minimum absolute atomic E-state index is 0.134. The van der Waals surface area contributed by atoms with Gasteiger partial charge in [0, 0.05) is 25.8 Å². The summed E-state index contributed by atoms with van der Waals surface area (Å²) in [5, 5.41) is 8.01. The van der Waals surface area contributed by atoms with Gasteiger partial charge in [0.15, 0.2) is 0 Å². The van der Waals surface area contributed by atoms with Crippen LogP contribution >= 0.6 is 0 Å². The molecule has 3 heterocycles. The topological polar surface area (TPSA) is 50.2 Å². The number of piperidine rings is 1. The first-order valence-corrected chi connectivity index (χ1v) is 9.31. The molecule has 1 unspecified atom stereocenters. The molecule has 0 bridgehead atoms. The molecule has 1 spiro atoms. The summed E-state index contributed by atoms with van der Waals surface area (Å²) in [5.41, 5.74) is 1.05. The van der Waals surface area contributed by atoms with Gasteiger partial charge in [-0.05, 0) is 50.1 Å². The highest BCUT2D eigenvalue weighted by Gasteiger charge is 2.41. The molecule has 23 heavy (non-hydrogen) atoms. The van der Waals surface area contributed by atoms with Gasteiger partial charge >= 0.3 is 0 Å². The molecule has 2 aliphatic heterocycles. The van der Waals surface area contributed by atoms with E-state index in [1.54, 1.807) is 0 Å². The zero-order valence-electron chi connectivity index (χ0n) is 14.0. The van der Waals surface area contributed by atoms with Crippen LogP contribution in [0.5, 0.6) is 0 Å². The summed E-state index contributed by atoms with van der Waals surface area (Å²) in [5.74, 6) is 0.134. The molecule has 2 saturated heterocycles. The van der Waals surface area contributed by atoms with Crippen LogP contribution in [0, 0.1) is 5.41 Å². The highest BCUT2D eigenvalue weighted by atomic mass is 16.2. The molecule has 1 aliphatic carbocycles. The highest BCUT2D eigenvalue weighted by molar-refractivity contribution is 5.92. The number of rotatable bonds is 2. The van der Waals surface area contributed by atoms with E-state index in [-0.39, 0.29) is 5.91 Å². The van der Waals surface area contributed by atoms with Crippen molar-refractivity contribution in [2.45, 2.75) is 57.4 Å². The van der Waals surface area contributed by atoms with Gasteiger partial charge in [0.2, 0.25) is 0 Å². The third-order valence-electron chi connectivity index (χ3n) is 6.11. The van der Waals surface area contributed by atoms with Crippen molar-refractivity contribution in [1.82, 2.24) is 20.0 Å². The van der Waals surface area contributed by atoms with Crippen molar-refractivity contribution < 1.29 is 4.79 Å². The monoisotopic (exact) mass is 316 g/mol. The minimum Gasteiger partial charge on any atom is -0.337 e. The summed E-state index contributed by atoms with van der Waals surface area (Å²) in [7, 11) is 0. The number of nitrogens with one attached hydrogen (secondary N) is 1. The molecule has 3 fully saturated rings. The second kappa shape index (κ2) is 6.27. The molecule has 1 aromatic rings. The molecular formula is C18H28N4O. The van der Waals surface area contributed by atoms with Crippen molar-refractivity contribution >= 4 is 5.91 Å². The number of amides is 1. The molecule has 3 aliphatic rings. The van der Waals surface area contributed by atoms with Crippen molar-refractivity contribution in [3.05, 3.63) is 18.0 Å². The Morgan fingerprint density at radius 3 is 2.87 bits per heavy atom. The predicted molar refractivity (Wildman–Crippen MR) is 89.4 cm³/mol. The quantitative estimate of drug-likeness (QED) is 0.912. The first kappa shape index (κ1) is 15.2. The largest absolute Gasteiger partial charge is 0.337 e. The summed E-state index contributed by atoms with van der Waals surface area (Å²) in [4.78, 5) is 14.9. The molecule has 5 heteroatoms. The Labute approximate surface area is 138 Å². The third kappa shape index (κ3) is 3.03. The van der Waals surface area contributed by atoms with E-state index in [0.29, 0.717) is 17.2 Å². The van der Waals surface area contributed by atoms with Crippen molar-refractivity contribution in [3.8, 4) is 0 Å². The van der Waals surface area contributed by atoms with E-state index >= 15 is 0 Å². The lowest BCUT2D eigenvalue weighted by molar-refractivity contribution is 0.0751. The second-order valence-electron chi connectivity index (χ2n) is 7.72. The zero-order valence-corrected chi connectivity index (χ0v) is 14.0. The fourth-order valence-corrected chi connectivity index (χ4v) is 4.70. The van der Waals surface area contributed by atoms with Crippen molar-refractivity contribution in [1.29, 1.82) is 0 Å². The van der Waals surface area contributed by atoms with E-state index in [2.05, 4.69) is 15.3 Å². The van der Waals surface area contributed by atoms with Gasteiger partial charge in [0.25, 0.3) is 5.91 Å². The van der Waals surface area contributed by atoms with Gasteiger partial charge in [-0.1, -0.05) is 19.3 Å². The predicted octanol–water partition coefficient (Wildman–Crippen LogP) is 2.60. The molecule has 1 aromatic heterocycles. The van der Waals surface area contributed by atoms with E-state index in [4.69, 9.17) is 0 Å². The molecule has 1 amide bonds. The number of aromatic nitrogens is 2. The molecule has 4 rings (SSSR count). The molecule has 1 N–H and O–H groups in total. The number of carbonyl (C=O) groups is 1. The summed E-state index contributed by atoms with van der Waals surface area (Å²) >= 11 is 0. The van der Waals surface area contributed by atoms with Crippen LogP contribution in [0.4, 0.5) is 0 Å². The van der Waals surface area contributed by atoms with Crippen LogP contribution in [0.2, 0.25) is 0 Å².